The molecule has 0 aliphatic carbocycles. The van der Waals surface area contributed by atoms with Crippen LogP contribution in [0.25, 0.3) is 11.0 Å². The molecule has 0 spiro atoms. The lowest BCUT2D eigenvalue weighted by molar-refractivity contribution is -0.116. The number of sulfonamides is 1. The molecule has 0 fully saturated rings. The zero-order chi connectivity index (χ0) is 22.6. The van der Waals surface area contributed by atoms with E-state index in [0.717, 1.165) is 21.9 Å². The monoisotopic (exact) mass is 460 g/mol. The van der Waals surface area contributed by atoms with Gasteiger partial charge in [0.25, 0.3) is 0 Å². The number of fused-ring (bicyclic) bond motifs is 1. The molecule has 0 radical (unpaired) electrons. The number of hydrogen-bond acceptors (Lipinski definition) is 5. The number of carbonyl (C=O) groups is 1. The van der Waals surface area contributed by atoms with Gasteiger partial charge in [-0.2, -0.15) is 4.31 Å². The van der Waals surface area contributed by atoms with Crippen molar-refractivity contribution >= 4 is 44.4 Å². The van der Waals surface area contributed by atoms with Gasteiger partial charge >= 0.3 is 0 Å². The number of thioether (sulfide) groups is 1. The van der Waals surface area contributed by atoms with E-state index in [1.165, 1.54) is 4.31 Å². The van der Waals surface area contributed by atoms with E-state index in [4.69, 9.17) is 0 Å². The van der Waals surface area contributed by atoms with Crippen LogP contribution >= 0.6 is 11.8 Å². The van der Waals surface area contributed by atoms with Gasteiger partial charge in [0, 0.05) is 43.6 Å². The van der Waals surface area contributed by atoms with Crippen molar-refractivity contribution in [2.75, 3.05) is 24.7 Å². The van der Waals surface area contributed by atoms with Gasteiger partial charge in [0.15, 0.2) is 0 Å². The summed E-state index contributed by atoms with van der Waals surface area (Å²) in [5.74, 6) is 0.647. The van der Waals surface area contributed by atoms with E-state index < -0.39 is 10.0 Å². The van der Waals surface area contributed by atoms with Gasteiger partial charge in [-0.25, -0.2) is 13.4 Å². The van der Waals surface area contributed by atoms with Gasteiger partial charge in [0.1, 0.15) is 5.82 Å². The minimum atomic E-state index is -3.54. The molecule has 3 rings (SSSR count). The van der Waals surface area contributed by atoms with E-state index in [2.05, 4.69) is 10.3 Å². The molecule has 31 heavy (non-hydrogen) atoms. The van der Waals surface area contributed by atoms with Crippen LogP contribution in [0.3, 0.4) is 0 Å². The smallest absolute Gasteiger partial charge is 0.243 e. The highest BCUT2D eigenvalue weighted by atomic mass is 32.2. The predicted molar refractivity (Wildman–Crippen MR) is 126 cm³/mol. The second-order valence-electron chi connectivity index (χ2n) is 7.10. The number of amides is 1. The van der Waals surface area contributed by atoms with E-state index in [1.54, 1.807) is 30.0 Å². The van der Waals surface area contributed by atoms with E-state index in [-0.39, 0.29) is 17.2 Å². The fourth-order valence-corrected chi connectivity index (χ4v) is 5.34. The quantitative estimate of drug-likeness (QED) is 0.490. The lowest BCUT2D eigenvalue weighted by atomic mass is 10.2. The first-order valence-corrected chi connectivity index (χ1v) is 12.9. The van der Waals surface area contributed by atoms with Crippen molar-refractivity contribution in [1.82, 2.24) is 13.9 Å². The highest BCUT2D eigenvalue weighted by molar-refractivity contribution is 7.98. The number of aromatic nitrogens is 2. The lowest BCUT2D eigenvalue weighted by Gasteiger charge is -2.18. The average Bonchev–Trinajstić information content (AvgIpc) is 3.08. The minimum absolute atomic E-state index is 0.0891. The summed E-state index contributed by atoms with van der Waals surface area (Å²) in [4.78, 5) is 18.3. The summed E-state index contributed by atoms with van der Waals surface area (Å²) in [7, 11) is -1.67. The van der Waals surface area contributed by atoms with Crippen molar-refractivity contribution in [3.8, 4) is 0 Å². The molecule has 166 valence electrons. The topological polar surface area (TPSA) is 84.3 Å². The van der Waals surface area contributed by atoms with Crippen LogP contribution in [0.5, 0.6) is 0 Å². The Morgan fingerprint density at radius 3 is 2.42 bits per heavy atom. The van der Waals surface area contributed by atoms with Crippen LogP contribution in [-0.4, -0.2) is 47.5 Å². The van der Waals surface area contributed by atoms with Gasteiger partial charge in [-0.3, -0.25) is 4.79 Å². The number of nitrogens with one attached hydrogen (secondary N) is 1. The number of imidazole rings is 1. The van der Waals surface area contributed by atoms with Crippen LogP contribution in [0.15, 0.2) is 52.3 Å². The Balaban J connectivity index is 1.74. The summed E-state index contributed by atoms with van der Waals surface area (Å²) in [6, 6.07) is 12.7. The Morgan fingerprint density at radius 2 is 1.81 bits per heavy atom. The Bertz CT molecular complexity index is 1170. The lowest BCUT2D eigenvalue weighted by Crippen LogP contribution is -2.30. The first kappa shape index (κ1) is 23.3. The number of benzene rings is 2. The summed E-state index contributed by atoms with van der Waals surface area (Å²) >= 11 is 1.65. The maximum Gasteiger partial charge on any atom is 0.243 e. The third-order valence-electron chi connectivity index (χ3n) is 5.24. The predicted octanol–water partition coefficient (Wildman–Crippen LogP) is 3.90. The largest absolute Gasteiger partial charge is 0.331 e. The second-order valence-corrected chi connectivity index (χ2v) is 9.92. The van der Waals surface area contributed by atoms with Crippen molar-refractivity contribution < 1.29 is 13.2 Å². The molecule has 1 heterocycles. The molecule has 3 aromatic rings. The van der Waals surface area contributed by atoms with Gasteiger partial charge in [-0.15, -0.1) is 11.8 Å². The fourth-order valence-electron chi connectivity index (χ4n) is 3.45. The Labute approximate surface area is 187 Å². The molecule has 2 aromatic carbocycles. The number of rotatable bonds is 9. The molecular weight excluding hydrogens is 432 g/mol. The Morgan fingerprint density at radius 1 is 1.13 bits per heavy atom. The van der Waals surface area contributed by atoms with Gasteiger partial charge in [0.05, 0.1) is 15.9 Å². The zero-order valence-corrected chi connectivity index (χ0v) is 19.9. The number of anilines is 1. The van der Waals surface area contributed by atoms with Crippen LogP contribution < -0.4 is 5.32 Å². The van der Waals surface area contributed by atoms with E-state index in [9.17, 15) is 13.2 Å². The standard InChI is InChI=1S/C22H28N4O3S2/c1-5-26(6-2)31(28,29)18-11-12-20-19(15-18)24-21(25(20)3)13-14-22(27)23-16-7-9-17(30-4)10-8-16/h7-12,15H,5-6,13-14H2,1-4H3,(H,23,27). The molecule has 7 nitrogen and oxygen atoms in total. The number of carbonyl (C=O) groups excluding carboxylic acids is 1. The normalized spacial score (nSPS) is 11.9. The molecule has 1 aromatic heterocycles. The molecule has 0 atom stereocenters. The van der Waals surface area contributed by atoms with Crippen LogP contribution in [0, 0.1) is 0 Å². The molecule has 0 bridgehead atoms. The molecular formula is C22H28N4O3S2. The molecule has 0 aliphatic heterocycles. The van der Waals surface area contributed by atoms with Crippen LogP contribution in [-0.2, 0) is 28.3 Å². The van der Waals surface area contributed by atoms with Gasteiger partial charge in [0.2, 0.25) is 15.9 Å². The van der Waals surface area contributed by atoms with Gasteiger partial charge in [-0.1, -0.05) is 13.8 Å². The molecule has 1 amide bonds. The number of hydrogen-bond donors (Lipinski definition) is 1. The third-order valence-corrected chi connectivity index (χ3v) is 8.03. The summed E-state index contributed by atoms with van der Waals surface area (Å²) in [5, 5.41) is 2.90. The SMILES string of the molecule is CCN(CC)S(=O)(=O)c1ccc2c(c1)nc(CCC(=O)Nc1ccc(SC)cc1)n2C. The Hall–Kier alpha value is -2.36. The third kappa shape index (κ3) is 5.11. The van der Waals surface area contributed by atoms with Crippen molar-refractivity contribution in [2.45, 2.75) is 36.5 Å². The van der Waals surface area contributed by atoms with Crippen LogP contribution in [0.2, 0.25) is 0 Å². The fraction of sp³-hybridized carbons (Fsp3) is 0.364. The molecule has 0 saturated carbocycles. The van der Waals surface area contributed by atoms with Crippen LogP contribution in [0.4, 0.5) is 5.69 Å². The molecule has 1 N–H and O–H groups in total. The Kier molecular flexibility index (Phi) is 7.40. The average molecular weight is 461 g/mol. The van der Waals surface area contributed by atoms with Crippen molar-refractivity contribution in [3.05, 3.63) is 48.3 Å². The number of aryl methyl sites for hydroxylation is 2. The highest BCUT2D eigenvalue weighted by Gasteiger charge is 2.22. The summed E-state index contributed by atoms with van der Waals surface area (Å²) in [6.07, 6.45) is 2.75. The van der Waals surface area contributed by atoms with E-state index >= 15 is 0 Å². The molecule has 0 saturated heterocycles. The van der Waals surface area contributed by atoms with Crippen molar-refractivity contribution in [3.63, 3.8) is 0 Å². The first-order chi connectivity index (χ1) is 14.8. The second kappa shape index (κ2) is 9.84. The van der Waals surface area contributed by atoms with Crippen LogP contribution in [0.1, 0.15) is 26.1 Å². The minimum Gasteiger partial charge on any atom is -0.331 e. The molecule has 0 aliphatic rings. The highest BCUT2D eigenvalue weighted by Crippen LogP contribution is 2.23. The van der Waals surface area contributed by atoms with E-state index in [1.807, 2.05) is 56.0 Å². The van der Waals surface area contributed by atoms with Gasteiger partial charge < -0.3 is 9.88 Å². The maximum absolute atomic E-state index is 12.8. The van der Waals surface area contributed by atoms with E-state index in [0.29, 0.717) is 25.0 Å². The summed E-state index contributed by atoms with van der Waals surface area (Å²) < 4.78 is 28.9. The summed E-state index contributed by atoms with van der Waals surface area (Å²) in [6.45, 7) is 4.47. The molecule has 0 unspecified atom stereocenters. The van der Waals surface area contributed by atoms with Crippen molar-refractivity contribution in [1.29, 1.82) is 0 Å². The van der Waals surface area contributed by atoms with Crippen molar-refractivity contribution in [2.24, 2.45) is 7.05 Å². The zero-order valence-electron chi connectivity index (χ0n) is 18.3. The molecule has 9 heteroatoms. The first-order valence-electron chi connectivity index (χ1n) is 10.2. The number of nitrogens with zero attached hydrogens (tertiary/aromatic N) is 3. The summed E-state index contributed by atoms with van der Waals surface area (Å²) in [5.41, 5.74) is 2.21. The van der Waals surface area contributed by atoms with Gasteiger partial charge in [-0.05, 0) is 48.7 Å². The maximum atomic E-state index is 12.8.